The number of rotatable bonds is 5. The second-order valence-corrected chi connectivity index (χ2v) is 8.83. The zero-order valence-electron chi connectivity index (χ0n) is 17.0. The number of aromatic nitrogens is 2. The second kappa shape index (κ2) is 7.95. The van der Waals surface area contributed by atoms with E-state index in [1.807, 2.05) is 29.1 Å². The Labute approximate surface area is 173 Å². The molecule has 0 amide bonds. The Morgan fingerprint density at radius 1 is 1.21 bits per heavy atom. The predicted octanol–water partition coefficient (Wildman–Crippen LogP) is 4.77. The molecule has 0 radical (unpaired) electrons. The van der Waals surface area contributed by atoms with E-state index in [-0.39, 0.29) is 5.82 Å². The molecule has 0 spiro atoms. The van der Waals surface area contributed by atoms with Gasteiger partial charge in [0.15, 0.2) is 0 Å². The van der Waals surface area contributed by atoms with Gasteiger partial charge < -0.3 is 4.72 Å². The van der Waals surface area contributed by atoms with Crippen LogP contribution in [0.4, 0.5) is 4.39 Å². The molecule has 0 aliphatic carbocycles. The Balaban J connectivity index is 1.60. The summed E-state index contributed by atoms with van der Waals surface area (Å²) < 4.78 is 19.4. The summed E-state index contributed by atoms with van der Waals surface area (Å²) in [4.78, 5) is 5.75. The second-order valence-electron chi connectivity index (χ2n) is 7.37. The van der Waals surface area contributed by atoms with Gasteiger partial charge in [-0.05, 0) is 66.3 Å². The van der Waals surface area contributed by atoms with Crippen LogP contribution in [-0.2, 0) is 19.5 Å². The van der Waals surface area contributed by atoms with Gasteiger partial charge in [0, 0.05) is 22.9 Å². The van der Waals surface area contributed by atoms with Crippen molar-refractivity contribution in [2.75, 3.05) is 0 Å². The maximum atomic E-state index is 14.0. The number of fused-ring (bicyclic) bond motifs is 1. The first-order chi connectivity index (χ1) is 14.0. The lowest BCUT2D eigenvalue weighted by atomic mass is 9.97. The van der Waals surface area contributed by atoms with E-state index in [1.165, 1.54) is 22.3 Å². The zero-order chi connectivity index (χ0) is 20.5. The monoisotopic (exact) mass is 408 g/mol. The van der Waals surface area contributed by atoms with Gasteiger partial charge in [-0.2, -0.15) is 5.10 Å². The molecule has 1 aliphatic heterocycles. The van der Waals surface area contributed by atoms with Crippen molar-refractivity contribution in [1.29, 1.82) is 0 Å². The number of benzene rings is 2. The van der Waals surface area contributed by atoms with Crippen molar-refractivity contribution in [2.45, 2.75) is 45.2 Å². The number of nitrogens with zero attached hydrogens (tertiary/aromatic N) is 3. The van der Waals surface area contributed by atoms with Crippen molar-refractivity contribution < 1.29 is 4.39 Å². The molecule has 1 unspecified atom stereocenters. The van der Waals surface area contributed by atoms with Gasteiger partial charge in [-0.15, -0.1) is 0 Å². The molecule has 2 heterocycles. The van der Waals surface area contributed by atoms with Gasteiger partial charge >= 0.3 is 0 Å². The van der Waals surface area contributed by atoms with E-state index in [4.69, 9.17) is 4.99 Å². The maximum absolute atomic E-state index is 14.0. The maximum Gasteiger partial charge on any atom is 0.139 e. The topological polar surface area (TPSA) is 42.2 Å². The Kier molecular flexibility index (Phi) is 5.37. The summed E-state index contributed by atoms with van der Waals surface area (Å²) in [6.07, 6.45) is 4.70. The first kappa shape index (κ1) is 19.6. The summed E-state index contributed by atoms with van der Waals surface area (Å²) >= 11 is 0. The molecule has 3 aromatic rings. The minimum Gasteiger partial charge on any atom is -0.316 e. The molecule has 150 valence electrons. The van der Waals surface area contributed by atoms with Gasteiger partial charge in [0.25, 0.3) is 0 Å². The van der Waals surface area contributed by atoms with Crippen LogP contribution in [0.2, 0.25) is 0 Å². The fourth-order valence-electron chi connectivity index (χ4n) is 3.77. The molecule has 4 rings (SSSR count). The lowest BCUT2D eigenvalue weighted by molar-refractivity contribution is 0.607. The molecular formula is C23H25FN4S. The summed E-state index contributed by atoms with van der Waals surface area (Å²) in [5.74, 6) is 5.02. The fraction of sp³-hybridized carbons (Fsp3) is 0.261. The fourth-order valence-corrected chi connectivity index (χ4v) is 4.93. The third-order valence-electron chi connectivity index (χ3n) is 5.20. The van der Waals surface area contributed by atoms with Crippen molar-refractivity contribution in [2.24, 2.45) is 4.99 Å². The number of nitrogens with one attached hydrogen (secondary N) is 1. The summed E-state index contributed by atoms with van der Waals surface area (Å²) in [5, 5.41) is 4.31. The molecule has 0 saturated carbocycles. The average Bonchev–Trinajstić information content (AvgIpc) is 3.35. The van der Waals surface area contributed by atoms with Gasteiger partial charge in [-0.25, -0.2) is 4.39 Å². The predicted molar refractivity (Wildman–Crippen MR) is 119 cm³/mol. The van der Waals surface area contributed by atoms with Crippen LogP contribution in [0.25, 0.3) is 0 Å². The average molecular weight is 409 g/mol. The van der Waals surface area contributed by atoms with Crippen molar-refractivity contribution in [3.05, 3.63) is 81.9 Å². The number of halogens is 1. The SMILES string of the molecule is C=S(NC1=NCc2cc(Cn3cccn3)cc(CC)c21)c1cc(C)c(F)c(C)c1. The van der Waals surface area contributed by atoms with Crippen LogP contribution in [0.1, 0.15) is 40.3 Å². The van der Waals surface area contributed by atoms with Gasteiger partial charge in [-0.1, -0.05) is 35.6 Å². The van der Waals surface area contributed by atoms with E-state index in [1.54, 1.807) is 20.0 Å². The summed E-state index contributed by atoms with van der Waals surface area (Å²) in [6, 6.07) is 10.1. The van der Waals surface area contributed by atoms with Crippen LogP contribution in [0.3, 0.4) is 0 Å². The van der Waals surface area contributed by atoms with Crippen LogP contribution < -0.4 is 4.72 Å². The van der Waals surface area contributed by atoms with Gasteiger partial charge in [0.05, 0.1) is 13.1 Å². The lowest BCUT2D eigenvalue weighted by Crippen LogP contribution is -2.19. The van der Waals surface area contributed by atoms with E-state index < -0.39 is 10.7 Å². The Morgan fingerprint density at radius 2 is 1.97 bits per heavy atom. The third kappa shape index (κ3) is 3.90. The van der Waals surface area contributed by atoms with Crippen LogP contribution in [-0.4, -0.2) is 21.5 Å². The van der Waals surface area contributed by atoms with Gasteiger partial charge in [0.2, 0.25) is 0 Å². The number of aliphatic imine (C=N–C) groups is 1. The van der Waals surface area contributed by atoms with Crippen molar-refractivity contribution in [3.8, 4) is 0 Å². The number of amidine groups is 1. The minimum absolute atomic E-state index is 0.146. The molecule has 1 aromatic heterocycles. The zero-order valence-corrected chi connectivity index (χ0v) is 17.8. The van der Waals surface area contributed by atoms with Crippen LogP contribution in [0.15, 0.2) is 52.6 Å². The summed E-state index contributed by atoms with van der Waals surface area (Å²) in [5.41, 5.74) is 6.23. The van der Waals surface area contributed by atoms with E-state index in [2.05, 4.69) is 34.7 Å². The number of hydrogen-bond donors (Lipinski definition) is 1. The Morgan fingerprint density at radius 3 is 2.62 bits per heavy atom. The normalized spacial score (nSPS) is 13.9. The highest BCUT2D eigenvalue weighted by Gasteiger charge is 2.21. The van der Waals surface area contributed by atoms with Gasteiger partial charge in [0.1, 0.15) is 11.7 Å². The van der Waals surface area contributed by atoms with E-state index in [0.717, 1.165) is 23.7 Å². The molecule has 2 aromatic carbocycles. The molecule has 29 heavy (non-hydrogen) atoms. The van der Waals surface area contributed by atoms with E-state index >= 15 is 0 Å². The summed E-state index contributed by atoms with van der Waals surface area (Å²) in [6.45, 7) is 7.17. The highest BCUT2D eigenvalue weighted by atomic mass is 32.2. The molecule has 0 saturated heterocycles. The van der Waals surface area contributed by atoms with Crippen molar-refractivity contribution in [1.82, 2.24) is 14.5 Å². The molecule has 1 N–H and O–H groups in total. The number of hydrogen-bond acceptors (Lipinski definition) is 3. The highest BCUT2D eigenvalue weighted by molar-refractivity contribution is 8.12. The minimum atomic E-state index is -0.513. The highest BCUT2D eigenvalue weighted by Crippen LogP contribution is 2.30. The van der Waals surface area contributed by atoms with E-state index in [9.17, 15) is 4.39 Å². The quantitative estimate of drug-likeness (QED) is 0.618. The van der Waals surface area contributed by atoms with Crippen LogP contribution in [0, 0.1) is 19.7 Å². The largest absolute Gasteiger partial charge is 0.316 e. The lowest BCUT2D eigenvalue weighted by Gasteiger charge is -2.17. The number of aryl methyl sites for hydroxylation is 3. The smallest absolute Gasteiger partial charge is 0.139 e. The van der Waals surface area contributed by atoms with Crippen molar-refractivity contribution in [3.63, 3.8) is 0 Å². The van der Waals surface area contributed by atoms with Crippen molar-refractivity contribution >= 4 is 22.4 Å². The molecule has 0 bridgehead atoms. The first-order valence-corrected chi connectivity index (χ1v) is 11.1. The Hall–Kier alpha value is -2.73. The standard InChI is InChI=1S/C23H25FN4S/c1-5-18-11-17(14-28-8-6-7-26-28)12-19-13-25-23(21(18)19)27-29(4)20-9-15(2)22(24)16(3)10-20/h6-12H,4-5,13-14H2,1-3H3,(H,25,27). The van der Waals surface area contributed by atoms with Crippen LogP contribution >= 0.6 is 10.7 Å². The molecule has 6 heteroatoms. The molecule has 4 nitrogen and oxygen atoms in total. The summed E-state index contributed by atoms with van der Waals surface area (Å²) in [7, 11) is -0.513. The Bertz CT molecular complexity index is 1090. The van der Waals surface area contributed by atoms with E-state index in [0.29, 0.717) is 17.7 Å². The molecule has 0 fully saturated rings. The molecule has 1 atom stereocenters. The van der Waals surface area contributed by atoms with Gasteiger partial charge in [-0.3, -0.25) is 9.67 Å². The van der Waals surface area contributed by atoms with Crippen LogP contribution in [0.5, 0.6) is 0 Å². The third-order valence-corrected chi connectivity index (χ3v) is 6.45. The molecular weight excluding hydrogens is 383 g/mol. The molecule has 1 aliphatic rings. The first-order valence-electron chi connectivity index (χ1n) is 9.70.